The van der Waals surface area contributed by atoms with E-state index in [1.165, 1.54) is 0 Å². The van der Waals surface area contributed by atoms with Crippen molar-refractivity contribution in [2.45, 2.75) is 13.0 Å². The SMILES string of the molecule is Cc1occc1OC(c1ccccc1)c1ccccc1. The molecule has 0 fully saturated rings. The molecule has 0 unspecified atom stereocenters. The maximum absolute atomic E-state index is 6.16. The molecule has 0 amide bonds. The number of hydrogen-bond donors (Lipinski definition) is 0. The highest BCUT2D eigenvalue weighted by Crippen LogP contribution is 2.30. The zero-order chi connectivity index (χ0) is 13.8. The molecule has 0 aliphatic carbocycles. The Morgan fingerprint density at radius 3 is 1.80 bits per heavy atom. The third-order valence-electron chi connectivity index (χ3n) is 3.26. The number of benzene rings is 2. The average molecular weight is 264 g/mol. The number of hydrogen-bond acceptors (Lipinski definition) is 2. The van der Waals surface area contributed by atoms with Crippen LogP contribution in [0.1, 0.15) is 23.0 Å². The number of rotatable bonds is 4. The van der Waals surface area contributed by atoms with Gasteiger partial charge in [0.2, 0.25) is 0 Å². The van der Waals surface area contributed by atoms with Gasteiger partial charge in [-0.25, -0.2) is 0 Å². The van der Waals surface area contributed by atoms with Crippen molar-refractivity contribution in [1.29, 1.82) is 0 Å². The van der Waals surface area contributed by atoms with Crippen LogP contribution in [-0.4, -0.2) is 0 Å². The molecule has 3 aromatic rings. The molecule has 0 aliphatic rings. The molecule has 0 atom stereocenters. The maximum Gasteiger partial charge on any atom is 0.161 e. The Hall–Kier alpha value is -2.48. The quantitative estimate of drug-likeness (QED) is 0.678. The standard InChI is InChI=1S/C18H16O2/c1-14-17(12-13-19-14)20-18(15-8-4-2-5-9-15)16-10-6-3-7-11-16/h2-13,18H,1H3. The summed E-state index contributed by atoms with van der Waals surface area (Å²) in [6.45, 7) is 1.91. The predicted octanol–water partition coefficient (Wildman–Crippen LogP) is 4.76. The Labute approximate surface area is 118 Å². The molecule has 20 heavy (non-hydrogen) atoms. The maximum atomic E-state index is 6.16. The van der Waals surface area contributed by atoms with Gasteiger partial charge in [-0.3, -0.25) is 0 Å². The molecule has 2 heteroatoms. The van der Waals surface area contributed by atoms with Gasteiger partial charge in [0.15, 0.2) is 5.75 Å². The molecule has 3 rings (SSSR count). The van der Waals surface area contributed by atoms with E-state index >= 15 is 0 Å². The Kier molecular flexibility index (Phi) is 3.55. The largest absolute Gasteiger partial charge is 0.477 e. The van der Waals surface area contributed by atoms with Gasteiger partial charge < -0.3 is 9.15 Å². The van der Waals surface area contributed by atoms with E-state index in [9.17, 15) is 0 Å². The number of ether oxygens (including phenoxy) is 1. The van der Waals surface area contributed by atoms with Crippen molar-refractivity contribution in [2.24, 2.45) is 0 Å². The second kappa shape index (κ2) is 5.66. The van der Waals surface area contributed by atoms with Gasteiger partial charge in [0, 0.05) is 6.07 Å². The fourth-order valence-corrected chi connectivity index (χ4v) is 2.21. The first kappa shape index (κ1) is 12.5. The highest BCUT2D eigenvalue weighted by molar-refractivity contribution is 5.33. The molecule has 2 aromatic carbocycles. The molecule has 1 aromatic heterocycles. The van der Waals surface area contributed by atoms with Crippen molar-refractivity contribution in [3.05, 3.63) is 89.9 Å². The molecule has 0 N–H and O–H groups in total. The van der Waals surface area contributed by atoms with Crippen molar-refractivity contribution in [3.63, 3.8) is 0 Å². The lowest BCUT2D eigenvalue weighted by Gasteiger charge is -2.19. The molecule has 0 saturated carbocycles. The van der Waals surface area contributed by atoms with E-state index in [2.05, 4.69) is 24.3 Å². The van der Waals surface area contributed by atoms with E-state index in [0.717, 1.165) is 22.6 Å². The second-order valence-electron chi connectivity index (χ2n) is 4.66. The highest BCUT2D eigenvalue weighted by Gasteiger charge is 2.17. The molecule has 0 aliphatic heterocycles. The first-order valence-corrected chi connectivity index (χ1v) is 6.65. The van der Waals surface area contributed by atoms with Crippen LogP contribution in [0.5, 0.6) is 5.75 Å². The monoisotopic (exact) mass is 264 g/mol. The van der Waals surface area contributed by atoms with Crippen LogP contribution >= 0.6 is 0 Å². The molecule has 1 heterocycles. The van der Waals surface area contributed by atoms with Gasteiger partial charge in [-0.1, -0.05) is 60.7 Å². The van der Waals surface area contributed by atoms with Crippen LogP contribution in [-0.2, 0) is 0 Å². The van der Waals surface area contributed by atoms with Gasteiger partial charge in [0.1, 0.15) is 11.9 Å². The summed E-state index contributed by atoms with van der Waals surface area (Å²) in [6.07, 6.45) is 1.52. The summed E-state index contributed by atoms with van der Waals surface area (Å²) in [5.41, 5.74) is 2.25. The van der Waals surface area contributed by atoms with Crippen molar-refractivity contribution >= 4 is 0 Å². The summed E-state index contributed by atoms with van der Waals surface area (Å²) in [5.74, 6) is 1.57. The summed E-state index contributed by atoms with van der Waals surface area (Å²) in [7, 11) is 0. The summed E-state index contributed by atoms with van der Waals surface area (Å²) in [6, 6.07) is 22.3. The Morgan fingerprint density at radius 1 is 0.800 bits per heavy atom. The molecule has 0 saturated heterocycles. The molecular formula is C18H16O2. The lowest BCUT2D eigenvalue weighted by atomic mass is 10.0. The van der Waals surface area contributed by atoms with Gasteiger partial charge >= 0.3 is 0 Å². The first-order chi connectivity index (χ1) is 9.84. The summed E-state index contributed by atoms with van der Waals surface area (Å²) < 4.78 is 11.5. The Balaban J connectivity index is 1.98. The topological polar surface area (TPSA) is 22.4 Å². The summed E-state index contributed by atoms with van der Waals surface area (Å²) >= 11 is 0. The van der Waals surface area contributed by atoms with E-state index in [0.29, 0.717) is 0 Å². The zero-order valence-corrected chi connectivity index (χ0v) is 11.3. The van der Waals surface area contributed by atoms with Crippen LogP contribution in [0.4, 0.5) is 0 Å². The number of aryl methyl sites for hydroxylation is 1. The fraction of sp³-hybridized carbons (Fsp3) is 0.111. The van der Waals surface area contributed by atoms with Crippen LogP contribution in [0.2, 0.25) is 0 Å². The van der Waals surface area contributed by atoms with Crippen LogP contribution in [0, 0.1) is 6.92 Å². The van der Waals surface area contributed by atoms with Crippen LogP contribution in [0.3, 0.4) is 0 Å². The van der Waals surface area contributed by atoms with Crippen LogP contribution in [0.15, 0.2) is 77.4 Å². The molecule has 100 valence electrons. The minimum atomic E-state index is -0.131. The minimum Gasteiger partial charge on any atom is -0.477 e. The number of furan rings is 1. The molecule has 0 radical (unpaired) electrons. The minimum absolute atomic E-state index is 0.131. The normalized spacial score (nSPS) is 10.7. The van der Waals surface area contributed by atoms with Crippen molar-refractivity contribution in [3.8, 4) is 5.75 Å². The predicted molar refractivity (Wildman–Crippen MR) is 78.8 cm³/mol. The van der Waals surface area contributed by atoms with E-state index in [4.69, 9.17) is 9.15 Å². The first-order valence-electron chi connectivity index (χ1n) is 6.65. The lowest BCUT2D eigenvalue weighted by Crippen LogP contribution is -2.09. The van der Waals surface area contributed by atoms with Gasteiger partial charge in [0.05, 0.1) is 6.26 Å². The van der Waals surface area contributed by atoms with Gasteiger partial charge in [0.25, 0.3) is 0 Å². The third kappa shape index (κ3) is 2.59. The second-order valence-corrected chi connectivity index (χ2v) is 4.66. The van der Waals surface area contributed by atoms with E-state index in [1.54, 1.807) is 6.26 Å². The molecule has 0 spiro atoms. The van der Waals surface area contributed by atoms with E-state index < -0.39 is 0 Å². The average Bonchev–Trinajstić information content (AvgIpc) is 2.92. The van der Waals surface area contributed by atoms with E-state index in [1.807, 2.05) is 49.4 Å². The Bertz CT molecular complexity index is 617. The lowest BCUT2D eigenvalue weighted by molar-refractivity contribution is 0.242. The van der Waals surface area contributed by atoms with Crippen molar-refractivity contribution < 1.29 is 9.15 Å². The van der Waals surface area contributed by atoms with Crippen LogP contribution in [0.25, 0.3) is 0 Å². The van der Waals surface area contributed by atoms with Gasteiger partial charge in [-0.15, -0.1) is 0 Å². The van der Waals surface area contributed by atoms with Crippen molar-refractivity contribution in [2.75, 3.05) is 0 Å². The third-order valence-corrected chi connectivity index (χ3v) is 3.26. The summed E-state index contributed by atoms with van der Waals surface area (Å²) in [4.78, 5) is 0. The summed E-state index contributed by atoms with van der Waals surface area (Å²) in [5, 5.41) is 0. The van der Waals surface area contributed by atoms with Gasteiger partial charge in [-0.2, -0.15) is 0 Å². The fourth-order valence-electron chi connectivity index (χ4n) is 2.21. The van der Waals surface area contributed by atoms with Crippen LogP contribution < -0.4 is 4.74 Å². The zero-order valence-electron chi connectivity index (χ0n) is 11.3. The van der Waals surface area contributed by atoms with E-state index in [-0.39, 0.29) is 6.10 Å². The van der Waals surface area contributed by atoms with Gasteiger partial charge in [-0.05, 0) is 18.1 Å². The molecule has 2 nitrogen and oxygen atoms in total. The molecular weight excluding hydrogens is 248 g/mol. The highest BCUT2D eigenvalue weighted by atomic mass is 16.5. The molecule has 0 bridgehead atoms. The smallest absolute Gasteiger partial charge is 0.161 e. The van der Waals surface area contributed by atoms with Crippen molar-refractivity contribution in [1.82, 2.24) is 0 Å². The Morgan fingerprint density at radius 2 is 1.35 bits per heavy atom.